The van der Waals surface area contributed by atoms with Gasteiger partial charge in [0.15, 0.2) is 0 Å². The quantitative estimate of drug-likeness (QED) is 0.938. The molecule has 0 aromatic heterocycles. The van der Waals surface area contributed by atoms with Crippen molar-refractivity contribution in [3.8, 4) is 5.75 Å². The third-order valence-corrected chi connectivity index (χ3v) is 3.31. The maximum atomic E-state index is 11.6. The Balaban J connectivity index is 2.13. The van der Waals surface area contributed by atoms with E-state index < -0.39 is 0 Å². The summed E-state index contributed by atoms with van der Waals surface area (Å²) in [4.78, 5) is 11.6. The molecule has 0 radical (unpaired) electrons. The van der Waals surface area contributed by atoms with Crippen LogP contribution in [0.4, 0.5) is 0 Å². The average molecular weight is 320 g/mol. The van der Waals surface area contributed by atoms with Crippen LogP contribution in [0.2, 0.25) is 0 Å². The number of rotatable bonds is 4. The number of halogens is 1. The maximum absolute atomic E-state index is 11.6. The molecule has 1 N–H and O–H groups in total. The lowest BCUT2D eigenvalue weighted by molar-refractivity contribution is 0.0962. The number of nitrogens with one attached hydrogen (secondary N) is 1. The van der Waals surface area contributed by atoms with E-state index in [0.717, 1.165) is 10.0 Å². The van der Waals surface area contributed by atoms with Crippen molar-refractivity contribution in [3.05, 3.63) is 64.1 Å². The highest BCUT2D eigenvalue weighted by molar-refractivity contribution is 9.10. The molecule has 0 bridgehead atoms. The minimum atomic E-state index is -0.128. The van der Waals surface area contributed by atoms with Crippen molar-refractivity contribution in [1.82, 2.24) is 5.32 Å². The highest BCUT2D eigenvalue weighted by Gasteiger charge is 2.08. The van der Waals surface area contributed by atoms with E-state index >= 15 is 0 Å². The summed E-state index contributed by atoms with van der Waals surface area (Å²) in [6.45, 7) is 0.469. The highest BCUT2D eigenvalue weighted by atomic mass is 79.9. The van der Waals surface area contributed by atoms with Gasteiger partial charge in [0.25, 0.3) is 5.91 Å². The Bertz CT molecular complexity index is 570. The van der Waals surface area contributed by atoms with Crippen LogP contribution in [0.5, 0.6) is 5.75 Å². The van der Waals surface area contributed by atoms with Crippen molar-refractivity contribution in [2.45, 2.75) is 6.61 Å². The minimum Gasteiger partial charge on any atom is -0.488 e. The molecule has 0 saturated heterocycles. The van der Waals surface area contributed by atoms with E-state index in [2.05, 4.69) is 21.2 Å². The van der Waals surface area contributed by atoms with Gasteiger partial charge in [0.2, 0.25) is 0 Å². The predicted octanol–water partition coefficient (Wildman–Crippen LogP) is 3.39. The van der Waals surface area contributed by atoms with Gasteiger partial charge in [0.05, 0.1) is 4.47 Å². The van der Waals surface area contributed by atoms with E-state index in [0.29, 0.717) is 17.9 Å². The van der Waals surface area contributed by atoms with Crippen LogP contribution in [0, 0.1) is 0 Å². The molecular weight excluding hydrogens is 306 g/mol. The van der Waals surface area contributed by atoms with E-state index in [1.54, 1.807) is 19.2 Å². The molecule has 98 valence electrons. The maximum Gasteiger partial charge on any atom is 0.251 e. The molecule has 3 nitrogen and oxygen atoms in total. The number of carbonyl (C=O) groups is 1. The Morgan fingerprint density at radius 2 is 1.95 bits per heavy atom. The Morgan fingerprint density at radius 3 is 2.63 bits per heavy atom. The normalized spacial score (nSPS) is 10.0. The third-order valence-electron chi connectivity index (χ3n) is 2.66. The van der Waals surface area contributed by atoms with Crippen LogP contribution in [0.25, 0.3) is 0 Å². The summed E-state index contributed by atoms with van der Waals surface area (Å²) in [6, 6.07) is 15.2. The molecule has 0 unspecified atom stereocenters. The second kappa shape index (κ2) is 6.38. The zero-order valence-corrected chi connectivity index (χ0v) is 12.1. The van der Waals surface area contributed by atoms with Crippen LogP contribution in [0.15, 0.2) is 53.0 Å². The van der Waals surface area contributed by atoms with Gasteiger partial charge in [-0.25, -0.2) is 0 Å². The molecule has 1 amide bonds. The smallest absolute Gasteiger partial charge is 0.251 e. The zero-order chi connectivity index (χ0) is 13.7. The van der Waals surface area contributed by atoms with Crippen molar-refractivity contribution < 1.29 is 9.53 Å². The third kappa shape index (κ3) is 3.58. The summed E-state index contributed by atoms with van der Waals surface area (Å²) in [5, 5.41) is 2.59. The summed E-state index contributed by atoms with van der Waals surface area (Å²) in [7, 11) is 1.61. The first-order valence-corrected chi connectivity index (χ1v) is 6.68. The van der Waals surface area contributed by atoms with E-state index in [1.807, 2.05) is 36.4 Å². The van der Waals surface area contributed by atoms with Crippen LogP contribution < -0.4 is 10.1 Å². The summed E-state index contributed by atoms with van der Waals surface area (Å²) in [5.41, 5.74) is 1.66. The lowest BCUT2D eigenvalue weighted by Gasteiger charge is -2.10. The summed E-state index contributed by atoms with van der Waals surface area (Å²) < 4.78 is 6.56. The van der Waals surface area contributed by atoms with Crippen molar-refractivity contribution >= 4 is 21.8 Å². The van der Waals surface area contributed by atoms with Gasteiger partial charge < -0.3 is 10.1 Å². The number of hydrogen-bond donors (Lipinski definition) is 1. The summed E-state index contributed by atoms with van der Waals surface area (Å²) in [5.74, 6) is 0.530. The number of carbonyl (C=O) groups excluding carboxylic acids is 1. The van der Waals surface area contributed by atoms with Gasteiger partial charge in [0, 0.05) is 12.6 Å². The zero-order valence-electron chi connectivity index (χ0n) is 10.5. The topological polar surface area (TPSA) is 38.3 Å². The first-order valence-electron chi connectivity index (χ1n) is 5.89. The first kappa shape index (κ1) is 13.6. The summed E-state index contributed by atoms with van der Waals surface area (Å²) >= 11 is 3.42. The molecule has 0 fully saturated rings. The number of amides is 1. The van der Waals surface area contributed by atoms with Gasteiger partial charge in [-0.05, 0) is 39.7 Å². The monoisotopic (exact) mass is 319 g/mol. The molecule has 4 heteroatoms. The Hall–Kier alpha value is -1.81. The van der Waals surface area contributed by atoms with Crippen LogP contribution >= 0.6 is 15.9 Å². The minimum absolute atomic E-state index is 0.128. The fraction of sp³-hybridized carbons (Fsp3) is 0.133. The van der Waals surface area contributed by atoms with Crippen molar-refractivity contribution in [3.63, 3.8) is 0 Å². The Labute approximate surface area is 120 Å². The molecule has 0 saturated carbocycles. The van der Waals surface area contributed by atoms with Gasteiger partial charge in [-0.15, -0.1) is 0 Å². The van der Waals surface area contributed by atoms with Crippen molar-refractivity contribution in [1.29, 1.82) is 0 Å². The highest BCUT2D eigenvalue weighted by Crippen LogP contribution is 2.26. The molecular formula is C15H14BrNO2. The molecule has 19 heavy (non-hydrogen) atoms. The molecule has 0 aliphatic carbocycles. The lowest BCUT2D eigenvalue weighted by atomic mass is 10.2. The number of benzene rings is 2. The van der Waals surface area contributed by atoms with E-state index in [4.69, 9.17) is 4.74 Å². The molecule has 0 spiro atoms. The SMILES string of the molecule is CNC(=O)c1ccc(Br)c(OCc2ccccc2)c1. The van der Waals surface area contributed by atoms with Gasteiger partial charge in [-0.2, -0.15) is 0 Å². The van der Waals surface area contributed by atoms with E-state index in [1.165, 1.54) is 0 Å². The fourth-order valence-electron chi connectivity index (χ4n) is 1.63. The molecule has 2 aromatic carbocycles. The molecule has 2 aromatic rings. The van der Waals surface area contributed by atoms with Crippen LogP contribution in [0.3, 0.4) is 0 Å². The van der Waals surface area contributed by atoms with Crippen LogP contribution in [-0.4, -0.2) is 13.0 Å². The number of ether oxygens (including phenoxy) is 1. The number of hydrogen-bond acceptors (Lipinski definition) is 2. The van der Waals surface area contributed by atoms with Crippen molar-refractivity contribution in [2.75, 3.05) is 7.05 Å². The average Bonchev–Trinajstić information content (AvgIpc) is 2.46. The first-order chi connectivity index (χ1) is 9.20. The summed E-state index contributed by atoms with van der Waals surface area (Å²) in [6.07, 6.45) is 0. The second-order valence-corrected chi connectivity index (χ2v) is 4.85. The van der Waals surface area contributed by atoms with Crippen LogP contribution in [0.1, 0.15) is 15.9 Å². The van der Waals surface area contributed by atoms with Gasteiger partial charge in [0.1, 0.15) is 12.4 Å². The van der Waals surface area contributed by atoms with Crippen molar-refractivity contribution in [2.24, 2.45) is 0 Å². The van der Waals surface area contributed by atoms with E-state index in [-0.39, 0.29) is 5.91 Å². The van der Waals surface area contributed by atoms with Crippen LogP contribution in [-0.2, 0) is 6.61 Å². The molecule has 0 aliphatic heterocycles. The molecule has 0 aliphatic rings. The standard InChI is InChI=1S/C15H14BrNO2/c1-17-15(18)12-7-8-13(16)14(9-12)19-10-11-5-3-2-4-6-11/h2-9H,10H2,1H3,(H,17,18). The van der Waals surface area contributed by atoms with Gasteiger partial charge >= 0.3 is 0 Å². The largest absolute Gasteiger partial charge is 0.488 e. The molecule has 2 rings (SSSR count). The Morgan fingerprint density at radius 1 is 1.21 bits per heavy atom. The molecule has 0 atom stereocenters. The fourth-order valence-corrected chi connectivity index (χ4v) is 2.00. The van der Waals surface area contributed by atoms with Gasteiger partial charge in [-0.1, -0.05) is 30.3 Å². The predicted molar refractivity (Wildman–Crippen MR) is 78.3 cm³/mol. The second-order valence-electron chi connectivity index (χ2n) is 4.00. The lowest BCUT2D eigenvalue weighted by Crippen LogP contribution is -2.17. The van der Waals surface area contributed by atoms with E-state index in [9.17, 15) is 4.79 Å². The molecule has 0 heterocycles. The van der Waals surface area contributed by atoms with Gasteiger partial charge in [-0.3, -0.25) is 4.79 Å². The Kier molecular flexibility index (Phi) is 4.58.